The monoisotopic (exact) mass is 485 g/mol. The second kappa shape index (κ2) is 11.5. The first kappa shape index (κ1) is 24.2. The highest BCUT2D eigenvalue weighted by Gasteiger charge is 2.17. The zero-order valence-electron chi connectivity index (χ0n) is 19.9. The van der Waals surface area contributed by atoms with Gasteiger partial charge in [-0.05, 0) is 41.3 Å². The molecule has 1 heterocycles. The molecule has 0 spiro atoms. The summed E-state index contributed by atoms with van der Waals surface area (Å²) >= 11 is 1.30. The molecule has 0 bridgehead atoms. The fourth-order valence-corrected chi connectivity index (χ4v) is 4.15. The molecule has 1 aromatic heterocycles. The SMILES string of the molecule is COc1ccc(-n2c(SCC(=O)N/N=C\c3ccc(C(C)C)cc3)nnc2-c2ccccc2)cc1. The van der Waals surface area contributed by atoms with Crippen molar-refractivity contribution in [2.24, 2.45) is 5.10 Å². The van der Waals surface area contributed by atoms with Crippen LogP contribution in [-0.2, 0) is 4.79 Å². The van der Waals surface area contributed by atoms with E-state index in [2.05, 4.69) is 46.7 Å². The number of carbonyl (C=O) groups is 1. The lowest BCUT2D eigenvalue weighted by molar-refractivity contribution is -0.118. The summed E-state index contributed by atoms with van der Waals surface area (Å²) in [5.41, 5.74) is 6.58. The second-order valence-corrected chi connectivity index (χ2v) is 9.05. The number of methoxy groups -OCH3 is 1. The van der Waals surface area contributed by atoms with Crippen molar-refractivity contribution in [3.8, 4) is 22.8 Å². The number of nitrogens with zero attached hydrogens (tertiary/aromatic N) is 4. The number of amides is 1. The summed E-state index contributed by atoms with van der Waals surface area (Å²) < 4.78 is 7.22. The van der Waals surface area contributed by atoms with E-state index in [1.807, 2.05) is 71.3 Å². The van der Waals surface area contributed by atoms with Crippen LogP contribution in [0.2, 0.25) is 0 Å². The lowest BCUT2D eigenvalue weighted by Gasteiger charge is -2.11. The van der Waals surface area contributed by atoms with E-state index in [1.165, 1.54) is 17.3 Å². The topological polar surface area (TPSA) is 81.4 Å². The van der Waals surface area contributed by atoms with Crippen LogP contribution in [0.3, 0.4) is 0 Å². The Bertz CT molecular complexity index is 1280. The molecule has 1 amide bonds. The van der Waals surface area contributed by atoms with E-state index in [-0.39, 0.29) is 11.7 Å². The van der Waals surface area contributed by atoms with Gasteiger partial charge in [-0.15, -0.1) is 10.2 Å². The van der Waals surface area contributed by atoms with Crippen LogP contribution in [0, 0.1) is 0 Å². The molecule has 0 fully saturated rings. The molecule has 0 unspecified atom stereocenters. The maximum absolute atomic E-state index is 12.4. The number of nitrogens with one attached hydrogen (secondary N) is 1. The summed E-state index contributed by atoms with van der Waals surface area (Å²) in [7, 11) is 1.63. The number of thioether (sulfide) groups is 1. The Morgan fingerprint density at radius 2 is 1.74 bits per heavy atom. The Kier molecular flexibility index (Phi) is 7.95. The first-order chi connectivity index (χ1) is 17.0. The van der Waals surface area contributed by atoms with Crippen LogP contribution < -0.4 is 10.2 Å². The van der Waals surface area contributed by atoms with Gasteiger partial charge in [-0.2, -0.15) is 5.10 Å². The molecule has 7 nitrogen and oxygen atoms in total. The minimum absolute atomic E-state index is 0.146. The van der Waals surface area contributed by atoms with Crippen molar-refractivity contribution < 1.29 is 9.53 Å². The van der Waals surface area contributed by atoms with Gasteiger partial charge in [0.25, 0.3) is 5.91 Å². The van der Waals surface area contributed by atoms with Gasteiger partial charge in [0.2, 0.25) is 0 Å². The van der Waals surface area contributed by atoms with E-state index in [0.29, 0.717) is 16.9 Å². The third-order valence-corrected chi connectivity index (χ3v) is 6.26. The third kappa shape index (κ3) is 6.16. The molecule has 4 aromatic rings. The van der Waals surface area contributed by atoms with Crippen LogP contribution in [0.25, 0.3) is 17.1 Å². The summed E-state index contributed by atoms with van der Waals surface area (Å²) in [6, 6.07) is 25.6. The highest BCUT2D eigenvalue weighted by Crippen LogP contribution is 2.28. The molecule has 0 saturated heterocycles. The van der Waals surface area contributed by atoms with Gasteiger partial charge in [-0.3, -0.25) is 9.36 Å². The minimum atomic E-state index is -0.226. The van der Waals surface area contributed by atoms with Gasteiger partial charge in [0.1, 0.15) is 5.75 Å². The molecule has 0 atom stereocenters. The Morgan fingerprint density at radius 3 is 2.40 bits per heavy atom. The van der Waals surface area contributed by atoms with Gasteiger partial charge < -0.3 is 4.74 Å². The van der Waals surface area contributed by atoms with Crippen molar-refractivity contribution in [3.05, 3.63) is 90.0 Å². The molecule has 35 heavy (non-hydrogen) atoms. The van der Waals surface area contributed by atoms with Crippen LogP contribution in [0.5, 0.6) is 5.75 Å². The van der Waals surface area contributed by atoms with Crippen LogP contribution in [-0.4, -0.2) is 39.7 Å². The summed E-state index contributed by atoms with van der Waals surface area (Å²) in [6.45, 7) is 4.30. The molecule has 178 valence electrons. The summed E-state index contributed by atoms with van der Waals surface area (Å²) in [5, 5.41) is 13.5. The summed E-state index contributed by atoms with van der Waals surface area (Å²) in [4.78, 5) is 12.4. The van der Waals surface area contributed by atoms with Crippen LogP contribution in [0.4, 0.5) is 0 Å². The van der Waals surface area contributed by atoms with Gasteiger partial charge in [-0.25, -0.2) is 5.43 Å². The number of hydrazone groups is 1. The maximum atomic E-state index is 12.4. The fourth-order valence-electron chi connectivity index (χ4n) is 3.41. The molecule has 3 aromatic carbocycles. The molecule has 0 aliphatic rings. The number of benzene rings is 3. The van der Waals surface area contributed by atoms with Gasteiger partial charge in [0, 0.05) is 11.3 Å². The summed E-state index contributed by atoms with van der Waals surface area (Å²) in [6.07, 6.45) is 1.64. The van der Waals surface area contributed by atoms with Crippen LogP contribution >= 0.6 is 11.8 Å². The van der Waals surface area contributed by atoms with Crippen LogP contribution in [0.15, 0.2) is 89.1 Å². The van der Waals surface area contributed by atoms with E-state index in [0.717, 1.165) is 22.6 Å². The second-order valence-electron chi connectivity index (χ2n) is 8.11. The standard InChI is InChI=1S/C27H27N5O2S/c1-19(2)21-11-9-20(10-12-21)17-28-29-25(33)18-35-27-31-30-26(22-7-5-4-6-8-22)32(27)23-13-15-24(34-3)16-14-23/h4-17,19H,18H2,1-3H3,(H,29,33)/b28-17-. The Hall–Kier alpha value is -3.91. The van der Waals surface area contributed by atoms with Crippen LogP contribution in [0.1, 0.15) is 30.9 Å². The first-order valence-electron chi connectivity index (χ1n) is 11.2. The predicted octanol–water partition coefficient (Wildman–Crippen LogP) is 5.31. The maximum Gasteiger partial charge on any atom is 0.250 e. The summed E-state index contributed by atoms with van der Waals surface area (Å²) in [5.74, 6) is 1.85. The number of rotatable bonds is 9. The van der Waals surface area contributed by atoms with Gasteiger partial charge in [0.15, 0.2) is 11.0 Å². The van der Waals surface area contributed by atoms with E-state index in [4.69, 9.17) is 4.74 Å². The van der Waals surface area contributed by atoms with Crippen molar-refractivity contribution in [1.82, 2.24) is 20.2 Å². The number of aromatic nitrogens is 3. The molecule has 0 aliphatic carbocycles. The van der Waals surface area contributed by atoms with E-state index < -0.39 is 0 Å². The highest BCUT2D eigenvalue weighted by molar-refractivity contribution is 7.99. The Balaban J connectivity index is 1.46. The average Bonchev–Trinajstić information content (AvgIpc) is 3.32. The van der Waals surface area contributed by atoms with E-state index in [1.54, 1.807) is 13.3 Å². The number of hydrogen-bond donors (Lipinski definition) is 1. The van der Waals surface area contributed by atoms with Gasteiger partial charge >= 0.3 is 0 Å². The molecule has 0 saturated carbocycles. The molecule has 0 aliphatic heterocycles. The molecule has 0 radical (unpaired) electrons. The largest absolute Gasteiger partial charge is 0.497 e. The van der Waals surface area contributed by atoms with Crippen molar-refractivity contribution >= 4 is 23.9 Å². The average molecular weight is 486 g/mol. The van der Waals surface area contributed by atoms with Crippen molar-refractivity contribution in [2.75, 3.05) is 12.9 Å². The lowest BCUT2D eigenvalue weighted by Crippen LogP contribution is -2.20. The van der Waals surface area contributed by atoms with Crippen molar-refractivity contribution in [2.45, 2.75) is 24.9 Å². The minimum Gasteiger partial charge on any atom is -0.497 e. The Labute approximate surface area is 209 Å². The quantitative estimate of drug-likeness (QED) is 0.197. The predicted molar refractivity (Wildman–Crippen MR) is 140 cm³/mol. The molecule has 4 rings (SSSR count). The Morgan fingerprint density at radius 1 is 1.03 bits per heavy atom. The van der Waals surface area contributed by atoms with Gasteiger partial charge in [-0.1, -0.05) is 80.2 Å². The fraction of sp³-hybridized carbons (Fsp3) is 0.185. The van der Waals surface area contributed by atoms with E-state index in [9.17, 15) is 4.79 Å². The molecule has 1 N–H and O–H groups in total. The number of hydrogen-bond acceptors (Lipinski definition) is 6. The third-order valence-electron chi connectivity index (χ3n) is 5.33. The first-order valence-corrected chi connectivity index (χ1v) is 12.2. The van der Waals surface area contributed by atoms with E-state index >= 15 is 0 Å². The number of carbonyl (C=O) groups excluding carboxylic acids is 1. The smallest absolute Gasteiger partial charge is 0.250 e. The number of ether oxygens (including phenoxy) is 1. The molecular weight excluding hydrogens is 458 g/mol. The molecular formula is C27H27N5O2S. The van der Waals surface area contributed by atoms with Crippen molar-refractivity contribution in [3.63, 3.8) is 0 Å². The molecule has 8 heteroatoms. The van der Waals surface area contributed by atoms with Crippen molar-refractivity contribution in [1.29, 1.82) is 0 Å². The highest BCUT2D eigenvalue weighted by atomic mass is 32.2. The zero-order valence-corrected chi connectivity index (χ0v) is 20.7. The van der Waals surface area contributed by atoms with Gasteiger partial charge in [0.05, 0.1) is 19.1 Å². The normalized spacial score (nSPS) is 11.2. The zero-order chi connectivity index (χ0) is 24.6. The lowest BCUT2D eigenvalue weighted by atomic mass is 10.0.